The van der Waals surface area contributed by atoms with Crippen LogP contribution in [0.15, 0.2) is 83.2 Å². The van der Waals surface area contributed by atoms with Crippen LogP contribution in [0.5, 0.6) is 0 Å². The highest BCUT2D eigenvalue weighted by molar-refractivity contribution is 7.91. The molecular formula is C18H15NO2S. The number of pyridine rings is 1. The van der Waals surface area contributed by atoms with Gasteiger partial charge in [-0.2, -0.15) is 0 Å². The number of sulfone groups is 1. The van der Waals surface area contributed by atoms with Crippen molar-refractivity contribution in [3.63, 3.8) is 0 Å². The van der Waals surface area contributed by atoms with E-state index in [4.69, 9.17) is 0 Å². The van der Waals surface area contributed by atoms with E-state index in [9.17, 15) is 8.42 Å². The van der Waals surface area contributed by atoms with Crippen LogP contribution in [-0.4, -0.2) is 13.4 Å². The van der Waals surface area contributed by atoms with E-state index in [-0.39, 0.29) is 9.79 Å². The molecule has 3 aromatic rings. The van der Waals surface area contributed by atoms with Gasteiger partial charge in [0.25, 0.3) is 0 Å². The standard InChI is InChI=1S/C18H15NO2S/c1-2-7-14-8-6-9-15-12-17(13-19-18(14)15)22(20,21)16-10-4-3-5-11-16/h2-6,8-13H,1,7H2. The van der Waals surface area contributed by atoms with Crippen molar-refractivity contribution < 1.29 is 8.42 Å². The number of rotatable bonds is 4. The molecule has 0 aliphatic heterocycles. The van der Waals surface area contributed by atoms with Crippen molar-refractivity contribution in [3.8, 4) is 0 Å². The highest BCUT2D eigenvalue weighted by Gasteiger charge is 2.18. The van der Waals surface area contributed by atoms with Crippen LogP contribution in [0.1, 0.15) is 5.56 Å². The topological polar surface area (TPSA) is 47.0 Å². The molecule has 0 saturated heterocycles. The summed E-state index contributed by atoms with van der Waals surface area (Å²) < 4.78 is 25.3. The van der Waals surface area contributed by atoms with Crippen molar-refractivity contribution in [1.29, 1.82) is 0 Å². The van der Waals surface area contributed by atoms with E-state index in [1.165, 1.54) is 6.20 Å². The fourth-order valence-electron chi connectivity index (χ4n) is 2.41. The first kappa shape index (κ1) is 14.5. The van der Waals surface area contributed by atoms with Gasteiger partial charge in [-0.25, -0.2) is 8.42 Å². The van der Waals surface area contributed by atoms with Crippen molar-refractivity contribution >= 4 is 20.7 Å². The zero-order valence-electron chi connectivity index (χ0n) is 11.9. The quantitative estimate of drug-likeness (QED) is 0.689. The summed E-state index contributed by atoms with van der Waals surface area (Å²) in [7, 11) is -3.54. The van der Waals surface area contributed by atoms with Crippen LogP contribution in [0.2, 0.25) is 0 Å². The molecular weight excluding hydrogens is 294 g/mol. The summed E-state index contributed by atoms with van der Waals surface area (Å²) in [6.45, 7) is 3.74. The van der Waals surface area contributed by atoms with Gasteiger partial charge in [-0.1, -0.05) is 42.5 Å². The number of para-hydroxylation sites is 1. The number of allylic oxidation sites excluding steroid dienone is 1. The van der Waals surface area contributed by atoms with Crippen LogP contribution in [0.4, 0.5) is 0 Å². The fraction of sp³-hybridized carbons (Fsp3) is 0.0556. The number of hydrogen-bond donors (Lipinski definition) is 0. The Labute approximate surface area is 129 Å². The molecule has 110 valence electrons. The Hall–Kier alpha value is -2.46. The molecule has 0 fully saturated rings. The first-order chi connectivity index (χ1) is 10.6. The summed E-state index contributed by atoms with van der Waals surface area (Å²) in [5.74, 6) is 0. The average Bonchev–Trinajstić information content (AvgIpc) is 2.56. The van der Waals surface area contributed by atoms with Crippen LogP contribution in [0, 0.1) is 0 Å². The number of fused-ring (bicyclic) bond motifs is 1. The van der Waals surface area contributed by atoms with Crippen LogP contribution < -0.4 is 0 Å². The van der Waals surface area contributed by atoms with E-state index >= 15 is 0 Å². The van der Waals surface area contributed by atoms with E-state index in [0.29, 0.717) is 6.42 Å². The summed E-state index contributed by atoms with van der Waals surface area (Å²) in [6.07, 6.45) is 3.94. The van der Waals surface area contributed by atoms with Crippen LogP contribution in [-0.2, 0) is 16.3 Å². The van der Waals surface area contributed by atoms with Crippen molar-refractivity contribution in [3.05, 3.63) is 79.0 Å². The molecule has 3 nitrogen and oxygen atoms in total. The van der Waals surface area contributed by atoms with Gasteiger partial charge >= 0.3 is 0 Å². The molecule has 1 heterocycles. The minimum absolute atomic E-state index is 0.210. The van der Waals surface area contributed by atoms with Gasteiger partial charge in [0.05, 0.1) is 15.3 Å². The van der Waals surface area contributed by atoms with Gasteiger partial charge in [0.15, 0.2) is 0 Å². The smallest absolute Gasteiger partial charge is 0.208 e. The van der Waals surface area contributed by atoms with Gasteiger partial charge in [0.1, 0.15) is 0 Å². The number of nitrogens with zero attached hydrogens (tertiary/aromatic N) is 1. The molecule has 0 unspecified atom stereocenters. The minimum atomic E-state index is -3.54. The van der Waals surface area contributed by atoms with E-state index in [0.717, 1.165) is 16.5 Å². The third kappa shape index (κ3) is 2.53. The summed E-state index contributed by atoms with van der Waals surface area (Å²) in [6, 6.07) is 15.8. The van der Waals surface area contributed by atoms with Crippen molar-refractivity contribution in [2.75, 3.05) is 0 Å². The molecule has 0 aliphatic rings. The molecule has 2 aromatic carbocycles. The van der Waals surface area contributed by atoms with Crippen LogP contribution >= 0.6 is 0 Å². The Bertz CT molecular complexity index is 932. The van der Waals surface area contributed by atoms with E-state index in [2.05, 4.69) is 11.6 Å². The predicted octanol–water partition coefficient (Wildman–Crippen LogP) is 3.80. The summed E-state index contributed by atoms with van der Waals surface area (Å²) in [5, 5.41) is 0.816. The maximum absolute atomic E-state index is 12.6. The first-order valence-electron chi connectivity index (χ1n) is 6.91. The maximum atomic E-state index is 12.6. The third-order valence-electron chi connectivity index (χ3n) is 3.50. The molecule has 3 rings (SSSR count). The second kappa shape index (κ2) is 5.73. The largest absolute Gasteiger partial charge is 0.255 e. The normalized spacial score (nSPS) is 11.5. The van der Waals surface area contributed by atoms with Gasteiger partial charge in [0.2, 0.25) is 9.84 Å². The molecule has 0 aliphatic carbocycles. The van der Waals surface area contributed by atoms with Crippen molar-refractivity contribution in [2.45, 2.75) is 16.2 Å². The molecule has 0 spiro atoms. The fourth-order valence-corrected chi connectivity index (χ4v) is 3.67. The lowest BCUT2D eigenvalue weighted by Crippen LogP contribution is -2.02. The molecule has 0 saturated carbocycles. The molecule has 0 bridgehead atoms. The zero-order valence-corrected chi connectivity index (χ0v) is 12.8. The van der Waals surface area contributed by atoms with Crippen molar-refractivity contribution in [1.82, 2.24) is 4.98 Å². The minimum Gasteiger partial charge on any atom is -0.255 e. The van der Waals surface area contributed by atoms with Gasteiger partial charge in [-0.3, -0.25) is 4.98 Å². The van der Waals surface area contributed by atoms with E-state index in [1.807, 2.05) is 24.3 Å². The Morgan fingerprint density at radius 1 is 1.00 bits per heavy atom. The monoisotopic (exact) mass is 309 g/mol. The molecule has 4 heteroatoms. The number of hydrogen-bond acceptors (Lipinski definition) is 3. The Balaban J connectivity index is 2.16. The van der Waals surface area contributed by atoms with Crippen LogP contribution in [0.3, 0.4) is 0 Å². The number of aromatic nitrogens is 1. The third-order valence-corrected chi connectivity index (χ3v) is 5.23. The van der Waals surface area contributed by atoms with Gasteiger partial charge < -0.3 is 0 Å². The van der Waals surface area contributed by atoms with E-state index < -0.39 is 9.84 Å². The highest BCUT2D eigenvalue weighted by Crippen LogP contribution is 2.24. The first-order valence-corrected chi connectivity index (χ1v) is 8.40. The molecule has 0 atom stereocenters. The van der Waals surface area contributed by atoms with Gasteiger partial charge in [-0.15, -0.1) is 6.58 Å². The van der Waals surface area contributed by atoms with Gasteiger partial charge in [-0.05, 0) is 30.2 Å². The SMILES string of the molecule is C=CCc1cccc2cc(S(=O)(=O)c3ccccc3)cnc12. The summed E-state index contributed by atoms with van der Waals surface area (Å²) in [5.41, 5.74) is 1.85. The second-order valence-electron chi connectivity index (χ2n) is 4.97. The van der Waals surface area contributed by atoms with Crippen molar-refractivity contribution in [2.24, 2.45) is 0 Å². The summed E-state index contributed by atoms with van der Waals surface area (Å²) >= 11 is 0. The molecule has 0 radical (unpaired) electrons. The van der Waals surface area contributed by atoms with Crippen LogP contribution in [0.25, 0.3) is 10.9 Å². The molecule has 1 aromatic heterocycles. The Morgan fingerprint density at radius 3 is 2.50 bits per heavy atom. The average molecular weight is 309 g/mol. The summed E-state index contributed by atoms with van der Waals surface area (Å²) in [4.78, 5) is 4.85. The molecule has 0 amide bonds. The lowest BCUT2D eigenvalue weighted by molar-refractivity contribution is 0.596. The second-order valence-corrected chi connectivity index (χ2v) is 6.92. The zero-order chi connectivity index (χ0) is 15.6. The van der Waals surface area contributed by atoms with Gasteiger partial charge in [0, 0.05) is 11.6 Å². The van der Waals surface area contributed by atoms with E-state index in [1.54, 1.807) is 36.4 Å². The predicted molar refractivity (Wildman–Crippen MR) is 87.5 cm³/mol. The molecule has 22 heavy (non-hydrogen) atoms. The highest BCUT2D eigenvalue weighted by atomic mass is 32.2. The molecule has 0 N–H and O–H groups in total. The Morgan fingerprint density at radius 2 is 1.77 bits per heavy atom. The number of benzene rings is 2. The Kier molecular flexibility index (Phi) is 3.77. The lowest BCUT2D eigenvalue weighted by atomic mass is 10.1. The maximum Gasteiger partial charge on any atom is 0.208 e. The lowest BCUT2D eigenvalue weighted by Gasteiger charge is -2.07.